The van der Waals surface area contributed by atoms with Gasteiger partial charge >= 0.3 is 15.6 Å². The summed E-state index contributed by atoms with van der Waals surface area (Å²) in [6.07, 6.45) is -6.38. The predicted octanol–water partition coefficient (Wildman–Crippen LogP) is 4.40. The Morgan fingerprint density at radius 3 is 2.22 bits per heavy atom. The van der Waals surface area contributed by atoms with Crippen LogP contribution in [0.15, 0.2) is 35.3 Å². The van der Waals surface area contributed by atoms with Crippen LogP contribution in [0.3, 0.4) is 0 Å². The van der Waals surface area contributed by atoms with Crippen molar-refractivity contribution in [3.05, 3.63) is 63.3 Å². The minimum atomic E-state index is -6.39. The smallest absolute Gasteiger partial charge is 0.375 e. The van der Waals surface area contributed by atoms with E-state index in [4.69, 9.17) is 0 Å². The summed E-state index contributed by atoms with van der Waals surface area (Å²) in [6, 6.07) is 1.56. The summed E-state index contributed by atoms with van der Waals surface area (Å²) in [5.41, 5.74) is -12.0. The Balaban J connectivity index is 2.07. The fourth-order valence-electron chi connectivity index (χ4n) is 3.38. The molecule has 1 amide bonds. The normalized spacial score (nSPS) is 16.2. The van der Waals surface area contributed by atoms with Crippen molar-refractivity contribution in [1.82, 2.24) is 9.88 Å². The Morgan fingerprint density at radius 2 is 1.72 bits per heavy atom. The van der Waals surface area contributed by atoms with Crippen LogP contribution in [-0.2, 0) is 15.7 Å². The molecule has 0 spiro atoms. The van der Waals surface area contributed by atoms with Crippen LogP contribution in [0, 0.1) is 5.82 Å². The molecule has 2 aromatic rings. The van der Waals surface area contributed by atoms with E-state index in [1.165, 1.54) is 0 Å². The predicted molar refractivity (Wildman–Crippen MR) is 107 cm³/mol. The summed E-state index contributed by atoms with van der Waals surface area (Å²) in [7, 11) is -6.39. The van der Waals surface area contributed by atoms with Gasteiger partial charge in [0.15, 0.2) is 5.75 Å². The number of hydrogen-bond donors (Lipinski definition) is 1. The lowest BCUT2D eigenvalue weighted by molar-refractivity contribution is -0.0500. The fraction of sp³-hybridized carbons (Fsp3) is 0.400. The Hall–Kier alpha value is -3.17. The van der Waals surface area contributed by atoms with Crippen molar-refractivity contribution in [2.45, 2.75) is 49.7 Å². The van der Waals surface area contributed by atoms with E-state index in [1.54, 1.807) is 0 Å². The van der Waals surface area contributed by atoms with Crippen molar-refractivity contribution < 1.29 is 52.5 Å². The van der Waals surface area contributed by atoms with E-state index in [0.717, 1.165) is 25.1 Å². The highest BCUT2D eigenvalue weighted by Gasteiger charge is 2.54. The van der Waals surface area contributed by atoms with Crippen molar-refractivity contribution in [1.29, 1.82) is 0 Å². The van der Waals surface area contributed by atoms with E-state index in [1.807, 2.05) is 5.32 Å². The summed E-state index contributed by atoms with van der Waals surface area (Å²) in [6.45, 7) is 1.11. The molecule has 1 aromatic heterocycles. The standard InChI is InChI=1S/C20H16F8N2O5S/c1-9(10-3-2-4-11(15(10)21)16(22)23)29-17(32)12-8-30(19(5-6-19)18(24)25)14(31)7-13(12)35-36(33,34)20(26,27)28/h2-4,7-9,16,18H,5-6H2,1H3,(H,29,32). The molecule has 1 atom stereocenters. The molecular formula is C20H16F8N2O5S. The second kappa shape index (κ2) is 9.37. The summed E-state index contributed by atoms with van der Waals surface area (Å²) in [5, 5.41) is 2.05. The third-order valence-electron chi connectivity index (χ3n) is 5.50. The molecule has 0 radical (unpaired) electrons. The first kappa shape index (κ1) is 27.4. The van der Waals surface area contributed by atoms with Gasteiger partial charge in [-0.25, -0.2) is 22.0 Å². The molecule has 1 saturated carbocycles. The maximum atomic E-state index is 14.4. The summed E-state index contributed by atoms with van der Waals surface area (Å²) >= 11 is 0. The van der Waals surface area contributed by atoms with Crippen molar-refractivity contribution >= 4 is 16.0 Å². The first-order valence-electron chi connectivity index (χ1n) is 9.95. The Morgan fingerprint density at radius 1 is 1.14 bits per heavy atom. The number of nitrogens with zero attached hydrogens (tertiary/aromatic N) is 1. The Bertz CT molecular complexity index is 1340. The second-order valence-electron chi connectivity index (χ2n) is 7.89. The zero-order chi connectivity index (χ0) is 27.2. The van der Waals surface area contributed by atoms with Crippen LogP contribution in [-0.4, -0.2) is 30.8 Å². The Kier molecular flexibility index (Phi) is 7.13. The van der Waals surface area contributed by atoms with E-state index >= 15 is 0 Å². The van der Waals surface area contributed by atoms with E-state index in [9.17, 15) is 53.1 Å². The molecule has 3 rings (SSSR count). The van der Waals surface area contributed by atoms with Gasteiger partial charge in [-0.15, -0.1) is 0 Å². The zero-order valence-corrected chi connectivity index (χ0v) is 18.8. The number of alkyl halides is 7. The Labute approximate surface area is 197 Å². The number of rotatable bonds is 8. The van der Waals surface area contributed by atoms with E-state index < -0.39 is 79.8 Å². The number of carbonyl (C=O) groups is 1. The monoisotopic (exact) mass is 548 g/mol. The van der Waals surface area contributed by atoms with Crippen LogP contribution in [0.2, 0.25) is 0 Å². The van der Waals surface area contributed by atoms with Gasteiger partial charge in [0.05, 0.1) is 17.2 Å². The van der Waals surface area contributed by atoms with E-state index in [2.05, 4.69) is 4.18 Å². The molecule has 198 valence electrons. The van der Waals surface area contributed by atoms with Gasteiger partial charge in [-0.1, -0.05) is 18.2 Å². The van der Waals surface area contributed by atoms with E-state index in [-0.39, 0.29) is 18.9 Å². The van der Waals surface area contributed by atoms with Gasteiger partial charge in [0.2, 0.25) is 0 Å². The van der Waals surface area contributed by atoms with Gasteiger partial charge in [0.1, 0.15) is 11.4 Å². The molecule has 1 unspecified atom stereocenters. The minimum absolute atomic E-state index is 0.128. The van der Waals surface area contributed by atoms with Crippen LogP contribution < -0.4 is 15.1 Å². The highest BCUT2D eigenvalue weighted by atomic mass is 32.2. The summed E-state index contributed by atoms with van der Waals surface area (Å²) < 4.78 is 133. The third kappa shape index (κ3) is 5.03. The summed E-state index contributed by atoms with van der Waals surface area (Å²) in [4.78, 5) is 25.2. The summed E-state index contributed by atoms with van der Waals surface area (Å²) in [5.74, 6) is -4.28. The minimum Gasteiger partial charge on any atom is -0.375 e. The van der Waals surface area contributed by atoms with Crippen LogP contribution in [0.4, 0.5) is 35.1 Å². The lowest BCUT2D eigenvalue weighted by Crippen LogP contribution is -2.38. The number of benzene rings is 1. The van der Waals surface area contributed by atoms with Crippen molar-refractivity contribution in [2.75, 3.05) is 0 Å². The number of nitrogens with one attached hydrogen (secondary N) is 1. The van der Waals surface area contributed by atoms with Crippen LogP contribution >= 0.6 is 0 Å². The van der Waals surface area contributed by atoms with Crippen LogP contribution in [0.1, 0.15) is 53.7 Å². The van der Waals surface area contributed by atoms with Gasteiger partial charge in [-0.3, -0.25) is 9.59 Å². The first-order chi connectivity index (χ1) is 16.5. The van der Waals surface area contributed by atoms with Gasteiger partial charge in [-0.05, 0) is 19.8 Å². The van der Waals surface area contributed by atoms with Crippen molar-refractivity contribution in [2.24, 2.45) is 0 Å². The number of hydrogen-bond acceptors (Lipinski definition) is 5. The molecule has 7 nitrogen and oxygen atoms in total. The van der Waals surface area contributed by atoms with Crippen molar-refractivity contribution in [3.63, 3.8) is 0 Å². The maximum Gasteiger partial charge on any atom is 0.534 e. The average molecular weight is 548 g/mol. The largest absolute Gasteiger partial charge is 0.534 e. The van der Waals surface area contributed by atoms with Gasteiger partial charge in [0.25, 0.3) is 24.3 Å². The molecular weight excluding hydrogens is 532 g/mol. The molecule has 1 heterocycles. The molecule has 0 bridgehead atoms. The topological polar surface area (TPSA) is 94.5 Å². The number of halogens is 8. The average Bonchev–Trinajstić information content (AvgIpc) is 3.54. The molecule has 1 aromatic carbocycles. The molecule has 36 heavy (non-hydrogen) atoms. The molecule has 0 aliphatic heterocycles. The molecule has 0 saturated heterocycles. The number of aromatic nitrogens is 1. The zero-order valence-electron chi connectivity index (χ0n) is 18.0. The molecule has 1 fully saturated rings. The lowest BCUT2D eigenvalue weighted by Gasteiger charge is -2.22. The molecule has 1 aliphatic carbocycles. The van der Waals surface area contributed by atoms with E-state index in [0.29, 0.717) is 10.8 Å². The second-order valence-corrected chi connectivity index (χ2v) is 9.43. The first-order valence-corrected chi connectivity index (χ1v) is 11.4. The highest BCUT2D eigenvalue weighted by molar-refractivity contribution is 7.88. The van der Waals surface area contributed by atoms with Crippen molar-refractivity contribution in [3.8, 4) is 5.75 Å². The maximum absolute atomic E-state index is 14.4. The van der Waals surface area contributed by atoms with Gasteiger partial charge in [0, 0.05) is 17.8 Å². The number of carbonyl (C=O) groups excluding carboxylic acids is 1. The fourth-order valence-corrected chi connectivity index (χ4v) is 3.85. The third-order valence-corrected chi connectivity index (χ3v) is 6.47. The van der Waals surface area contributed by atoms with Crippen LogP contribution in [0.25, 0.3) is 0 Å². The quantitative estimate of drug-likeness (QED) is 0.300. The SMILES string of the molecule is CC(NC(=O)c1cn(C2(C(F)F)CC2)c(=O)cc1OS(=O)(=O)C(F)(F)F)c1cccc(C(F)F)c1F. The molecule has 16 heteroatoms. The lowest BCUT2D eigenvalue weighted by atomic mass is 10.0. The molecule has 1 aliphatic rings. The van der Waals surface area contributed by atoms with Crippen LogP contribution in [0.5, 0.6) is 5.75 Å². The van der Waals surface area contributed by atoms with Gasteiger partial charge in [-0.2, -0.15) is 21.6 Å². The van der Waals surface area contributed by atoms with Gasteiger partial charge < -0.3 is 14.1 Å². The molecule has 1 N–H and O–H groups in total. The number of amides is 1. The number of pyridine rings is 1. The highest BCUT2D eigenvalue weighted by Crippen LogP contribution is 2.48.